The van der Waals surface area contributed by atoms with E-state index in [1.807, 2.05) is 12.1 Å². The zero-order valence-electron chi connectivity index (χ0n) is 28.4. The second-order valence-corrected chi connectivity index (χ2v) is 13.4. The van der Waals surface area contributed by atoms with Crippen LogP contribution in [0.5, 0.6) is 0 Å². The van der Waals surface area contributed by atoms with Crippen LogP contribution in [0.2, 0.25) is 0 Å². The molecule has 0 atom stereocenters. The van der Waals surface area contributed by atoms with Crippen LogP contribution in [0.4, 0.5) is 17.1 Å². The van der Waals surface area contributed by atoms with Crippen LogP contribution in [0.25, 0.3) is 76.9 Å². The summed E-state index contributed by atoms with van der Waals surface area (Å²) in [5.74, 6) is 0. The molecule has 10 rings (SSSR count). The lowest BCUT2D eigenvalue weighted by molar-refractivity contribution is 0.669. The molecule has 10 aromatic rings. The minimum Gasteiger partial charge on any atom is -0.456 e. The van der Waals surface area contributed by atoms with Crippen LogP contribution in [-0.2, 0) is 0 Å². The van der Waals surface area contributed by atoms with Crippen molar-refractivity contribution in [3.8, 4) is 33.4 Å². The van der Waals surface area contributed by atoms with Gasteiger partial charge in [0.05, 0.1) is 0 Å². The van der Waals surface area contributed by atoms with Gasteiger partial charge >= 0.3 is 0 Å². The monoisotopic (exact) mass is 663 g/mol. The van der Waals surface area contributed by atoms with Crippen molar-refractivity contribution in [3.05, 3.63) is 200 Å². The Labute approximate surface area is 302 Å². The van der Waals surface area contributed by atoms with E-state index in [1.165, 1.54) is 54.9 Å². The minimum atomic E-state index is 0.917. The van der Waals surface area contributed by atoms with E-state index < -0.39 is 0 Å². The zero-order chi connectivity index (χ0) is 34.4. The Bertz CT molecular complexity index is 2880. The third-order valence-corrected chi connectivity index (χ3v) is 10.2. The number of rotatable bonds is 6. The maximum absolute atomic E-state index is 6.22. The normalized spacial score (nSPS) is 11.5. The number of anilines is 3. The van der Waals surface area contributed by atoms with Gasteiger partial charge in [-0.3, -0.25) is 0 Å². The molecular formula is C50H33NO. The molecule has 2 heteroatoms. The molecule has 0 radical (unpaired) electrons. The first-order chi connectivity index (χ1) is 25.7. The number of benzene rings is 9. The van der Waals surface area contributed by atoms with Gasteiger partial charge in [-0.05, 0) is 116 Å². The van der Waals surface area contributed by atoms with E-state index >= 15 is 0 Å². The highest BCUT2D eigenvalue weighted by Gasteiger charge is 2.16. The molecular weight excluding hydrogens is 631 g/mol. The van der Waals surface area contributed by atoms with Crippen molar-refractivity contribution in [3.63, 3.8) is 0 Å². The van der Waals surface area contributed by atoms with Crippen molar-refractivity contribution in [2.24, 2.45) is 0 Å². The second kappa shape index (κ2) is 12.5. The Balaban J connectivity index is 1.05. The molecule has 9 aromatic carbocycles. The van der Waals surface area contributed by atoms with Crippen molar-refractivity contribution in [1.29, 1.82) is 0 Å². The summed E-state index contributed by atoms with van der Waals surface area (Å²) in [6.45, 7) is 0. The summed E-state index contributed by atoms with van der Waals surface area (Å²) < 4.78 is 6.22. The minimum absolute atomic E-state index is 0.917. The zero-order valence-corrected chi connectivity index (χ0v) is 28.4. The predicted molar refractivity (Wildman–Crippen MR) is 220 cm³/mol. The first kappa shape index (κ1) is 30.0. The predicted octanol–water partition coefficient (Wildman–Crippen LogP) is 14.4. The Morgan fingerprint density at radius 1 is 0.288 bits per heavy atom. The van der Waals surface area contributed by atoms with Gasteiger partial charge in [-0.25, -0.2) is 0 Å². The lowest BCUT2D eigenvalue weighted by atomic mass is 9.97. The summed E-state index contributed by atoms with van der Waals surface area (Å²) in [4.78, 5) is 2.35. The summed E-state index contributed by atoms with van der Waals surface area (Å²) in [6, 6.07) is 71.8. The average molecular weight is 664 g/mol. The van der Waals surface area contributed by atoms with Gasteiger partial charge in [-0.15, -0.1) is 0 Å². The fraction of sp³-hybridized carbons (Fsp3) is 0. The molecule has 1 heterocycles. The van der Waals surface area contributed by atoms with Gasteiger partial charge in [0.15, 0.2) is 0 Å². The van der Waals surface area contributed by atoms with Gasteiger partial charge in [-0.1, -0.05) is 140 Å². The highest BCUT2D eigenvalue weighted by atomic mass is 16.3. The van der Waals surface area contributed by atoms with Crippen LogP contribution in [0.15, 0.2) is 205 Å². The third kappa shape index (κ3) is 5.30. The van der Waals surface area contributed by atoms with Crippen LogP contribution < -0.4 is 4.90 Å². The van der Waals surface area contributed by atoms with E-state index in [4.69, 9.17) is 4.42 Å². The molecule has 0 unspecified atom stereocenters. The molecule has 0 aliphatic carbocycles. The topological polar surface area (TPSA) is 16.4 Å². The quantitative estimate of drug-likeness (QED) is 0.176. The van der Waals surface area contributed by atoms with Gasteiger partial charge in [0, 0.05) is 27.8 Å². The number of hydrogen-bond donors (Lipinski definition) is 0. The molecule has 0 N–H and O–H groups in total. The first-order valence-corrected chi connectivity index (χ1v) is 17.7. The van der Waals surface area contributed by atoms with Gasteiger partial charge in [-0.2, -0.15) is 0 Å². The molecule has 244 valence electrons. The summed E-state index contributed by atoms with van der Waals surface area (Å²) in [5.41, 5.74) is 12.3. The molecule has 0 amide bonds. The highest BCUT2D eigenvalue weighted by molar-refractivity contribution is 6.10. The number of hydrogen-bond acceptors (Lipinski definition) is 2. The van der Waals surface area contributed by atoms with E-state index in [0.29, 0.717) is 0 Å². The summed E-state index contributed by atoms with van der Waals surface area (Å²) in [6.07, 6.45) is 0. The molecule has 2 nitrogen and oxygen atoms in total. The molecule has 1 aromatic heterocycles. The van der Waals surface area contributed by atoms with Crippen LogP contribution in [0.1, 0.15) is 0 Å². The van der Waals surface area contributed by atoms with Crippen molar-refractivity contribution in [2.45, 2.75) is 0 Å². The van der Waals surface area contributed by atoms with Crippen LogP contribution >= 0.6 is 0 Å². The van der Waals surface area contributed by atoms with E-state index in [2.05, 4.69) is 193 Å². The fourth-order valence-electron chi connectivity index (χ4n) is 7.62. The smallest absolute Gasteiger partial charge is 0.136 e. The lowest BCUT2D eigenvalue weighted by Crippen LogP contribution is -2.10. The SMILES string of the molecule is c1ccc(-c2ccc(N(c3ccc(-c4ccc5cc6c(cc5c4)oc4ccccc46)cc3)c3cccc(-c4cccc5ccccc45)c3)cc2)cc1. The number of fused-ring (bicyclic) bond motifs is 5. The molecule has 0 bridgehead atoms. The van der Waals surface area contributed by atoms with Gasteiger partial charge < -0.3 is 9.32 Å². The van der Waals surface area contributed by atoms with Crippen LogP contribution in [-0.4, -0.2) is 0 Å². The Kier molecular flexibility index (Phi) is 7.18. The molecule has 0 saturated carbocycles. The largest absolute Gasteiger partial charge is 0.456 e. The summed E-state index contributed by atoms with van der Waals surface area (Å²) in [5, 5.41) is 7.17. The lowest BCUT2D eigenvalue weighted by Gasteiger charge is -2.26. The van der Waals surface area contributed by atoms with E-state index in [-0.39, 0.29) is 0 Å². The van der Waals surface area contributed by atoms with Crippen molar-refractivity contribution in [1.82, 2.24) is 0 Å². The van der Waals surface area contributed by atoms with E-state index in [0.717, 1.165) is 39.0 Å². The first-order valence-electron chi connectivity index (χ1n) is 17.7. The highest BCUT2D eigenvalue weighted by Crippen LogP contribution is 2.40. The Hall–Kier alpha value is -6.90. The number of para-hydroxylation sites is 1. The molecule has 0 aliphatic heterocycles. The number of nitrogens with zero attached hydrogens (tertiary/aromatic N) is 1. The molecule has 0 spiro atoms. The third-order valence-electron chi connectivity index (χ3n) is 10.2. The van der Waals surface area contributed by atoms with Crippen molar-refractivity contribution < 1.29 is 4.42 Å². The fourth-order valence-corrected chi connectivity index (χ4v) is 7.62. The molecule has 0 saturated heterocycles. The van der Waals surface area contributed by atoms with Gasteiger partial charge in [0.2, 0.25) is 0 Å². The van der Waals surface area contributed by atoms with Crippen LogP contribution in [0, 0.1) is 0 Å². The second-order valence-electron chi connectivity index (χ2n) is 13.4. The maximum atomic E-state index is 6.22. The molecule has 0 fully saturated rings. The Morgan fingerprint density at radius 2 is 0.904 bits per heavy atom. The van der Waals surface area contributed by atoms with Gasteiger partial charge in [0.25, 0.3) is 0 Å². The number of furan rings is 1. The average Bonchev–Trinajstić information content (AvgIpc) is 3.58. The maximum Gasteiger partial charge on any atom is 0.136 e. The Morgan fingerprint density at radius 3 is 1.71 bits per heavy atom. The summed E-state index contributed by atoms with van der Waals surface area (Å²) >= 11 is 0. The van der Waals surface area contributed by atoms with Crippen LogP contribution in [0.3, 0.4) is 0 Å². The van der Waals surface area contributed by atoms with E-state index in [9.17, 15) is 0 Å². The standard InChI is InChI=1S/C50H33NO/c1-2-10-34(11-3-1)35-22-26-42(27-23-35)51(44-15-8-14-40(31-44)46-18-9-13-37-12-4-5-16-45(37)46)43-28-24-36(25-29-43)38-20-21-39-32-48-47-17-6-7-19-49(47)52-50(48)33-41(39)30-38/h1-33H. The summed E-state index contributed by atoms with van der Waals surface area (Å²) in [7, 11) is 0. The molecule has 52 heavy (non-hydrogen) atoms. The molecule has 0 aliphatic rings. The van der Waals surface area contributed by atoms with Crippen molar-refractivity contribution >= 4 is 60.5 Å². The van der Waals surface area contributed by atoms with Gasteiger partial charge in [0.1, 0.15) is 11.2 Å². The van der Waals surface area contributed by atoms with E-state index in [1.54, 1.807) is 0 Å². The van der Waals surface area contributed by atoms with Crippen molar-refractivity contribution in [2.75, 3.05) is 4.90 Å².